The molecular formula is C7H15N5. The maximum atomic E-state index is 8.11. The third-order valence-corrected chi connectivity index (χ3v) is 2.37. The second-order valence-corrected chi connectivity index (χ2v) is 3.17. The Morgan fingerprint density at radius 2 is 2.17 bits per heavy atom. The molecule has 12 heavy (non-hydrogen) atoms. The number of likely N-dealkylation sites (tertiary alicyclic amines) is 1. The van der Waals surface area contributed by atoms with Crippen molar-refractivity contribution in [3.05, 3.63) is 10.4 Å². The van der Waals surface area contributed by atoms with E-state index in [4.69, 9.17) is 11.3 Å². The Bertz CT molecular complexity index is 167. The van der Waals surface area contributed by atoms with Crippen molar-refractivity contribution < 1.29 is 0 Å². The molecule has 5 nitrogen and oxygen atoms in total. The molecule has 0 bridgehead atoms. The highest BCUT2D eigenvalue weighted by molar-refractivity contribution is 4.71. The largest absolute Gasteiger partial charge is 0.330 e. The van der Waals surface area contributed by atoms with Crippen molar-refractivity contribution in [2.45, 2.75) is 12.8 Å². The van der Waals surface area contributed by atoms with Crippen molar-refractivity contribution >= 4 is 0 Å². The Kier molecular flexibility index (Phi) is 3.87. The summed E-state index contributed by atoms with van der Waals surface area (Å²) in [6.45, 7) is 3.32. The summed E-state index contributed by atoms with van der Waals surface area (Å²) in [7, 11) is 0. The Morgan fingerprint density at radius 3 is 2.67 bits per heavy atom. The van der Waals surface area contributed by atoms with Gasteiger partial charge in [0.2, 0.25) is 0 Å². The summed E-state index contributed by atoms with van der Waals surface area (Å²) < 4.78 is 0. The van der Waals surface area contributed by atoms with Gasteiger partial charge in [-0.25, -0.2) is 0 Å². The molecule has 5 heteroatoms. The molecule has 0 aliphatic carbocycles. The molecule has 0 atom stereocenters. The first-order valence-electron chi connectivity index (χ1n) is 4.30. The van der Waals surface area contributed by atoms with E-state index in [1.807, 2.05) is 0 Å². The zero-order chi connectivity index (χ0) is 8.81. The normalized spacial score (nSPS) is 20.4. The lowest BCUT2D eigenvalue weighted by Crippen LogP contribution is -2.35. The minimum Gasteiger partial charge on any atom is -0.330 e. The van der Waals surface area contributed by atoms with E-state index in [-0.39, 0.29) is 0 Å². The lowest BCUT2D eigenvalue weighted by Gasteiger charge is -2.29. The molecule has 1 heterocycles. The number of piperidine rings is 1. The molecule has 0 saturated carbocycles. The summed E-state index contributed by atoms with van der Waals surface area (Å²) in [6, 6.07) is 0. The molecule has 0 radical (unpaired) electrons. The quantitative estimate of drug-likeness (QED) is 0.387. The maximum absolute atomic E-state index is 8.11. The average Bonchev–Trinajstić information content (AvgIpc) is 2.15. The Balaban J connectivity index is 2.21. The van der Waals surface area contributed by atoms with Gasteiger partial charge in [0.1, 0.15) is 0 Å². The standard InChI is InChI=1S/C7H15N5/c8-5-7-1-3-12(4-2-7)6-10-11-9/h7H,1-6,8H2. The molecule has 0 aromatic rings. The van der Waals surface area contributed by atoms with Crippen LogP contribution in [0.4, 0.5) is 0 Å². The van der Waals surface area contributed by atoms with Crippen LogP contribution in [0.25, 0.3) is 10.4 Å². The van der Waals surface area contributed by atoms with Crippen LogP contribution in [-0.4, -0.2) is 31.2 Å². The Morgan fingerprint density at radius 1 is 1.50 bits per heavy atom. The highest BCUT2D eigenvalue weighted by atomic mass is 15.3. The fraction of sp³-hybridized carbons (Fsp3) is 1.00. The zero-order valence-electron chi connectivity index (χ0n) is 7.19. The number of hydrogen-bond donors (Lipinski definition) is 1. The second-order valence-electron chi connectivity index (χ2n) is 3.17. The van der Waals surface area contributed by atoms with Gasteiger partial charge in [0, 0.05) is 4.91 Å². The van der Waals surface area contributed by atoms with Crippen LogP contribution in [0.2, 0.25) is 0 Å². The number of nitrogens with two attached hydrogens (primary N) is 1. The van der Waals surface area contributed by atoms with Gasteiger partial charge in [0.25, 0.3) is 0 Å². The van der Waals surface area contributed by atoms with Crippen LogP contribution in [0.3, 0.4) is 0 Å². The van der Waals surface area contributed by atoms with E-state index in [2.05, 4.69) is 14.9 Å². The average molecular weight is 169 g/mol. The monoisotopic (exact) mass is 169 g/mol. The first kappa shape index (κ1) is 9.32. The molecule has 1 rings (SSSR count). The van der Waals surface area contributed by atoms with Crippen LogP contribution < -0.4 is 5.73 Å². The van der Waals surface area contributed by atoms with Gasteiger partial charge in [-0.05, 0) is 43.9 Å². The van der Waals surface area contributed by atoms with Crippen molar-refractivity contribution in [2.75, 3.05) is 26.3 Å². The molecule has 1 fully saturated rings. The van der Waals surface area contributed by atoms with Crippen molar-refractivity contribution in [2.24, 2.45) is 16.8 Å². The van der Waals surface area contributed by atoms with Crippen LogP contribution >= 0.6 is 0 Å². The second kappa shape index (κ2) is 4.98. The number of nitrogens with zero attached hydrogens (tertiary/aromatic N) is 4. The fourth-order valence-electron chi connectivity index (χ4n) is 1.48. The number of azide groups is 1. The van der Waals surface area contributed by atoms with Gasteiger partial charge in [-0.3, -0.25) is 4.90 Å². The van der Waals surface area contributed by atoms with Crippen LogP contribution in [0.1, 0.15) is 12.8 Å². The predicted octanol–water partition coefficient (Wildman–Crippen LogP) is 0.925. The third-order valence-electron chi connectivity index (χ3n) is 2.37. The Hall–Kier alpha value is -0.770. The van der Waals surface area contributed by atoms with Gasteiger partial charge in [-0.15, -0.1) is 0 Å². The highest BCUT2D eigenvalue weighted by Crippen LogP contribution is 2.15. The minimum absolute atomic E-state index is 0.508. The van der Waals surface area contributed by atoms with Crippen molar-refractivity contribution in [3.8, 4) is 0 Å². The van der Waals surface area contributed by atoms with Crippen molar-refractivity contribution in [1.29, 1.82) is 0 Å². The summed E-state index contributed by atoms with van der Waals surface area (Å²) >= 11 is 0. The smallest absolute Gasteiger partial charge is 0.0774 e. The molecule has 68 valence electrons. The molecular weight excluding hydrogens is 154 g/mol. The van der Waals surface area contributed by atoms with Crippen LogP contribution in [0, 0.1) is 5.92 Å². The van der Waals surface area contributed by atoms with E-state index in [1.54, 1.807) is 0 Å². The van der Waals surface area contributed by atoms with Gasteiger partial charge < -0.3 is 5.73 Å². The summed E-state index contributed by atoms with van der Waals surface area (Å²) in [5.74, 6) is 0.673. The molecule has 1 saturated heterocycles. The molecule has 0 amide bonds. The van der Waals surface area contributed by atoms with Gasteiger partial charge in [0.05, 0.1) is 6.67 Å². The fourth-order valence-corrected chi connectivity index (χ4v) is 1.48. The summed E-state index contributed by atoms with van der Waals surface area (Å²) in [5, 5.41) is 3.52. The van der Waals surface area contributed by atoms with E-state index < -0.39 is 0 Å². The third kappa shape index (κ3) is 2.70. The van der Waals surface area contributed by atoms with Crippen molar-refractivity contribution in [3.63, 3.8) is 0 Å². The molecule has 0 aromatic heterocycles. The van der Waals surface area contributed by atoms with E-state index in [1.165, 1.54) is 0 Å². The van der Waals surface area contributed by atoms with Crippen LogP contribution in [0.15, 0.2) is 5.11 Å². The summed E-state index contributed by atoms with van der Waals surface area (Å²) in [4.78, 5) is 4.89. The highest BCUT2D eigenvalue weighted by Gasteiger charge is 2.16. The minimum atomic E-state index is 0.508. The van der Waals surface area contributed by atoms with Crippen molar-refractivity contribution in [1.82, 2.24) is 4.90 Å². The molecule has 0 unspecified atom stereocenters. The molecule has 1 aliphatic heterocycles. The van der Waals surface area contributed by atoms with E-state index >= 15 is 0 Å². The SMILES string of the molecule is [N-]=[N+]=NCN1CCC(CN)CC1. The first-order valence-corrected chi connectivity index (χ1v) is 4.30. The molecule has 0 aromatic carbocycles. The van der Waals surface area contributed by atoms with Gasteiger partial charge in [0.15, 0.2) is 0 Å². The van der Waals surface area contributed by atoms with Gasteiger partial charge >= 0.3 is 0 Å². The number of rotatable bonds is 3. The summed E-state index contributed by atoms with van der Waals surface area (Å²) in [5.41, 5.74) is 13.7. The van der Waals surface area contributed by atoms with E-state index in [0.29, 0.717) is 12.6 Å². The van der Waals surface area contributed by atoms with Crippen LogP contribution in [-0.2, 0) is 0 Å². The molecule has 2 N–H and O–H groups in total. The topological polar surface area (TPSA) is 78.0 Å². The predicted molar refractivity (Wildman–Crippen MR) is 47.4 cm³/mol. The van der Waals surface area contributed by atoms with E-state index in [9.17, 15) is 0 Å². The van der Waals surface area contributed by atoms with E-state index in [0.717, 1.165) is 32.5 Å². The molecule has 1 aliphatic rings. The summed E-state index contributed by atoms with van der Waals surface area (Å²) in [6.07, 6.45) is 2.27. The first-order chi connectivity index (χ1) is 5.86. The zero-order valence-corrected chi connectivity index (χ0v) is 7.19. The van der Waals surface area contributed by atoms with Gasteiger partial charge in [-0.1, -0.05) is 5.11 Å². The Labute approximate surface area is 72.2 Å². The lowest BCUT2D eigenvalue weighted by atomic mass is 9.97. The van der Waals surface area contributed by atoms with Gasteiger partial charge in [-0.2, -0.15) is 0 Å². The lowest BCUT2D eigenvalue weighted by molar-refractivity contribution is 0.192. The molecule has 0 spiro atoms. The maximum Gasteiger partial charge on any atom is 0.0774 e. The number of hydrogen-bond acceptors (Lipinski definition) is 3. The van der Waals surface area contributed by atoms with Crippen LogP contribution in [0.5, 0.6) is 0 Å².